The molecule has 1 saturated heterocycles. The molecule has 1 fully saturated rings. The van der Waals surface area contributed by atoms with E-state index in [1.165, 1.54) is 0 Å². The molecule has 2 rings (SSSR count). The van der Waals surface area contributed by atoms with Gasteiger partial charge >= 0.3 is 0 Å². The van der Waals surface area contributed by atoms with Crippen LogP contribution in [0.15, 0.2) is 18.2 Å². The largest absolute Gasteiger partial charge is 0.496 e. The zero-order valence-corrected chi connectivity index (χ0v) is 9.66. The fourth-order valence-electron chi connectivity index (χ4n) is 1.77. The molecule has 1 heterocycles. The normalized spacial score (nSPS) is 19.5. The van der Waals surface area contributed by atoms with Gasteiger partial charge in [-0.2, -0.15) is 0 Å². The van der Waals surface area contributed by atoms with Gasteiger partial charge in [0.2, 0.25) is 0 Å². The lowest BCUT2D eigenvalue weighted by atomic mass is 10.3. The Labute approximate surface area is 95.5 Å². The number of hydrogen-bond acceptors (Lipinski definition) is 4. The summed E-state index contributed by atoms with van der Waals surface area (Å²) >= 11 is 0. The molecule has 1 aromatic carbocycles. The van der Waals surface area contributed by atoms with Crippen molar-refractivity contribution < 1.29 is 14.2 Å². The fourth-order valence-corrected chi connectivity index (χ4v) is 1.77. The summed E-state index contributed by atoms with van der Waals surface area (Å²) in [5.41, 5.74) is 0. The van der Waals surface area contributed by atoms with Crippen LogP contribution in [0.5, 0.6) is 17.2 Å². The highest BCUT2D eigenvalue weighted by Gasteiger charge is 2.16. The molecule has 0 bridgehead atoms. The van der Waals surface area contributed by atoms with Gasteiger partial charge in [0, 0.05) is 24.7 Å². The average Bonchev–Trinajstić information content (AvgIpc) is 2.81. The summed E-state index contributed by atoms with van der Waals surface area (Å²) in [6, 6.07) is 5.58. The standard InChI is InChI=1S/C12H17NO3/c1-14-10-5-11(15-2)7-12(6-10)16-9-3-4-13-8-9/h5-7,9,13H,3-4,8H2,1-2H3/t9-/m1/s1. The first-order chi connectivity index (χ1) is 7.81. The summed E-state index contributed by atoms with van der Waals surface area (Å²) in [6.45, 7) is 1.92. The van der Waals surface area contributed by atoms with Crippen molar-refractivity contribution in [3.8, 4) is 17.2 Å². The molecule has 1 aliphatic rings. The van der Waals surface area contributed by atoms with Crippen LogP contribution in [0.1, 0.15) is 6.42 Å². The van der Waals surface area contributed by atoms with E-state index in [0.29, 0.717) is 0 Å². The zero-order valence-electron chi connectivity index (χ0n) is 9.66. The van der Waals surface area contributed by atoms with Crippen LogP contribution < -0.4 is 19.5 Å². The smallest absolute Gasteiger partial charge is 0.127 e. The quantitative estimate of drug-likeness (QED) is 0.838. The highest BCUT2D eigenvalue weighted by atomic mass is 16.5. The Morgan fingerprint density at radius 3 is 2.19 bits per heavy atom. The SMILES string of the molecule is COc1cc(OC)cc(O[C@@H]2CCNC2)c1. The van der Waals surface area contributed by atoms with Crippen LogP contribution in [-0.2, 0) is 0 Å². The van der Waals surface area contributed by atoms with E-state index < -0.39 is 0 Å². The first-order valence-electron chi connectivity index (χ1n) is 5.42. The minimum Gasteiger partial charge on any atom is -0.496 e. The molecule has 1 aromatic rings. The van der Waals surface area contributed by atoms with E-state index >= 15 is 0 Å². The second-order valence-electron chi connectivity index (χ2n) is 3.78. The maximum Gasteiger partial charge on any atom is 0.127 e. The molecule has 0 unspecified atom stereocenters. The number of nitrogens with one attached hydrogen (secondary N) is 1. The van der Waals surface area contributed by atoms with Crippen molar-refractivity contribution in [2.24, 2.45) is 0 Å². The minimum atomic E-state index is 0.247. The second kappa shape index (κ2) is 5.07. The predicted octanol–water partition coefficient (Wildman–Crippen LogP) is 1.44. The van der Waals surface area contributed by atoms with Crippen molar-refractivity contribution in [1.82, 2.24) is 5.32 Å². The van der Waals surface area contributed by atoms with E-state index in [2.05, 4.69) is 5.32 Å². The topological polar surface area (TPSA) is 39.7 Å². The van der Waals surface area contributed by atoms with Gasteiger partial charge in [0.15, 0.2) is 0 Å². The summed E-state index contributed by atoms with van der Waals surface area (Å²) in [7, 11) is 3.27. The molecule has 0 aromatic heterocycles. The molecule has 0 spiro atoms. The van der Waals surface area contributed by atoms with Crippen LogP contribution in [-0.4, -0.2) is 33.4 Å². The molecule has 4 nitrogen and oxygen atoms in total. The van der Waals surface area contributed by atoms with Crippen molar-refractivity contribution in [2.45, 2.75) is 12.5 Å². The molecular formula is C12H17NO3. The lowest BCUT2D eigenvalue weighted by Crippen LogP contribution is -2.19. The van der Waals surface area contributed by atoms with E-state index in [1.807, 2.05) is 18.2 Å². The van der Waals surface area contributed by atoms with Crippen LogP contribution in [0.25, 0.3) is 0 Å². The van der Waals surface area contributed by atoms with Gasteiger partial charge in [0.05, 0.1) is 14.2 Å². The molecule has 1 aliphatic heterocycles. The highest BCUT2D eigenvalue weighted by molar-refractivity contribution is 5.42. The van der Waals surface area contributed by atoms with Crippen molar-refractivity contribution in [1.29, 1.82) is 0 Å². The first kappa shape index (κ1) is 11.1. The Bertz CT molecular complexity index is 326. The first-order valence-corrected chi connectivity index (χ1v) is 5.42. The third-order valence-corrected chi connectivity index (χ3v) is 2.64. The maximum atomic E-state index is 5.84. The van der Waals surface area contributed by atoms with Gasteiger partial charge in [-0.1, -0.05) is 0 Å². The number of hydrogen-bond donors (Lipinski definition) is 1. The molecule has 1 N–H and O–H groups in total. The third kappa shape index (κ3) is 2.58. The van der Waals surface area contributed by atoms with E-state index in [9.17, 15) is 0 Å². The highest BCUT2D eigenvalue weighted by Crippen LogP contribution is 2.28. The number of methoxy groups -OCH3 is 2. The van der Waals surface area contributed by atoms with Crippen molar-refractivity contribution >= 4 is 0 Å². The average molecular weight is 223 g/mol. The van der Waals surface area contributed by atoms with Crippen molar-refractivity contribution in [2.75, 3.05) is 27.3 Å². The summed E-state index contributed by atoms with van der Waals surface area (Å²) in [4.78, 5) is 0. The van der Waals surface area contributed by atoms with Gasteiger partial charge in [0.1, 0.15) is 23.4 Å². The Hall–Kier alpha value is -1.42. The van der Waals surface area contributed by atoms with Crippen LogP contribution >= 0.6 is 0 Å². The van der Waals surface area contributed by atoms with Gasteiger partial charge in [-0.25, -0.2) is 0 Å². The molecular weight excluding hydrogens is 206 g/mol. The summed E-state index contributed by atoms with van der Waals surface area (Å²) in [6.07, 6.45) is 1.29. The minimum absolute atomic E-state index is 0.247. The van der Waals surface area contributed by atoms with Gasteiger partial charge in [-0.05, 0) is 13.0 Å². The number of benzene rings is 1. The maximum absolute atomic E-state index is 5.84. The van der Waals surface area contributed by atoms with Crippen LogP contribution in [0.3, 0.4) is 0 Å². The molecule has 0 aliphatic carbocycles. The Balaban J connectivity index is 2.12. The predicted molar refractivity (Wildman–Crippen MR) is 61.4 cm³/mol. The molecule has 0 saturated carbocycles. The van der Waals surface area contributed by atoms with E-state index in [0.717, 1.165) is 36.8 Å². The third-order valence-electron chi connectivity index (χ3n) is 2.64. The van der Waals surface area contributed by atoms with E-state index in [1.54, 1.807) is 14.2 Å². The summed E-state index contributed by atoms with van der Waals surface area (Å²) in [5.74, 6) is 2.30. The molecule has 88 valence electrons. The zero-order chi connectivity index (χ0) is 11.4. The number of ether oxygens (including phenoxy) is 3. The monoisotopic (exact) mass is 223 g/mol. The molecule has 4 heteroatoms. The van der Waals surface area contributed by atoms with E-state index in [4.69, 9.17) is 14.2 Å². The van der Waals surface area contributed by atoms with Gasteiger partial charge in [-0.15, -0.1) is 0 Å². The lowest BCUT2D eigenvalue weighted by Gasteiger charge is -2.14. The van der Waals surface area contributed by atoms with Crippen molar-refractivity contribution in [3.63, 3.8) is 0 Å². The Morgan fingerprint density at radius 2 is 1.69 bits per heavy atom. The fraction of sp³-hybridized carbons (Fsp3) is 0.500. The Kier molecular flexibility index (Phi) is 3.51. The van der Waals surface area contributed by atoms with Gasteiger partial charge < -0.3 is 19.5 Å². The second-order valence-corrected chi connectivity index (χ2v) is 3.78. The van der Waals surface area contributed by atoms with Crippen molar-refractivity contribution in [3.05, 3.63) is 18.2 Å². The van der Waals surface area contributed by atoms with Crippen LogP contribution in [0.2, 0.25) is 0 Å². The molecule has 1 atom stereocenters. The molecule has 0 radical (unpaired) electrons. The van der Waals surface area contributed by atoms with E-state index in [-0.39, 0.29) is 6.10 Å². The summed E-state index contributed by atoms with van der Waals surface area (Å²) < 4.78 is 16.2. The molecule has 0 amide bonds. The van der Waals surface area contributed by atoms with Gasteiger partial charge in [-0.3, -0.25) is 0 Å². The van der Waals surface area contributed by atoms with Gasteiger partial charge in [0.25, 0.3) is 0 Å². The number of rotatable bonds is 4. The van der Waals surface area contributed by atoms with Crippen LogP contribution in [0.4, 0.5) is 0 Å². The lowest BCUT2D eigenvalue weighted by molar-refractivity contribution is 0.221. The Morgan fingerprint density at radius 1 is 1.06 bits per heavy atom. The summed E-state index contributed by atoms with van der Waals surface area (Å²) in [5, 5.41) is 3.26. The molecule has 16 heavy (non-hydrogen) atoms. The van der Waals surface area contributed by atoms with Crippen LogP contribution in [0, 0.1) is 0 Å².